The third-order valence-corrected chi connectivity index (χ3v) is 4.33. The number of carbonyl (C=O) groups excluding carboxylic acids is 1. The summed E-state index contributed by atoms with van der Waals surface area (Å²) >= 11 is 0. The van der Waals surface area contributed by atoms with Gasteiger partial charge in [0.15, 0.2) is 5.96 Å². The number of nitrogens with zero attached hydrogens (tertiary/aromatic N) is 2. The van der Waals surface area contributed by atoms with Crippen LogP contribution in [0.25, 0.3) is 0 Å². The molecule has 0 amide bonds. The molecule has 1 aliphatic heterocycles. The van der Waals surface area contributed by atoms with Gasteiger partial charge in [0.25, 0.3) is 0 Å². The van der Waals surface area contributed by atoms with Crippen LogP contribution >= 0.6 is 24.0 Å². The molecule has 7 nitrogen and oxygen atoms in total. The van der Waals surface area contributed by atoms with E-state index in [2.05, 4.69) is 10.3 Å². The molecule has 2 atom stereocenters. The Morgan fingerprint density at radius 1 is 1.43 bits per heavy atom. The van der Waals surface area contributed by atoms with Gasteiger partial charge in [-0.05, 0) is 5.92 Å². The summed E-state index contributed by atoms with van der Waals surface area (Å²) in [6, 6.07) is 0. The number of esters is 1. The van der Waals surface area contributed by atoms with Crippen molar-refractivity contribution in [2.24, 2.45) is 16.8 Å². The maximum absolute atomic E-state index is 11.6. The molecule has 21 heavy (non-hydrogen) atoms. The van der Waals surface area contributed by atoms with Gasteiger partial charge >= 0.3 is 5.97 Å². The molecule has 1 saturated heterocycles. The van der Waals surface area contributed by atoms with E-state index in [1.54, 1.807) is 7.05 Å². The quantitative estimate of drug-likeness (QED) is 0.290. The fraction of sp³-hybridized carbons (Fsp3) is 0.833. The van der Waals surface area contributed by atoms with Gasteiger partial charge in [-0.25, -0.2) is 8.42 Å². The summed E-state index contributed by atoms with van der Waals surface area (Å²) in [5, 5.41) is 3.01. The minimum atomic E-state index is -3.00. The van der Waals surface area contributed by atoms with Crippen LogP contribution in [0.4, 0.5) is 0 Å². The highest BCUT2D eigenvalue weighted by molar-refractivity contribution is 14.0. The first-order valence-corrected chi connectivity index (χ1v) is 8.55. The molecule has 1 aliphatic rings. The highest BCUT2D eigenvalue weighted by Crippen LogP contribution is 2.23. The van der Waals surface area contributed by atoms with Crippen molar-refractivity contribution in [3.05, 3.63) is 0 Å². The molecule has 0 aromatic heterocycles. The van der Waals surface area contributed by atoms with Gasteiger partial charge < -0.3 is 15.0 Å². The lowest BCUT2D eigenvalue weighted by atomic mass is 9.99. The molecule has 1 rings (SSSR count). The number of halogens is 1. The Hall–Kier alpha value is -0.580. The number of ether oxygens (including phenoxy) is 1. The first kappa shape index (κ1) is 20.4. The summed E-state index contributed by atoms with van der Waals surface area (Å²) in [6.07, 6.45) is 1.20. The fourth-order valence-corrected chi connectivity index (χ4v) is 2.75. The minimum Gasteiger partial charge on any atom is -0.469 e. The van der Waals surface area contributed by atoms with Gasteiger partial charge in [0.05, 0.1) is 18.8 Å². The van der Waals surface area contributed by atoms with Crippen molar-refractivity contribution >= 4 is 45.7 Å². The number of hydrogen-bond acceptors (Lipinski definition) is 5. The van der Waals surface area contributed by atoms with E-state index in [1.807, 2.05) is 11.8 Å². The third kappa shape index (κ3) is 6.37. The molecular formula is C12H24IN3O4S. The minimum absolute atomic E-state index is 0. The number of methoxy groups -OCH3 is 1. The maximum atomic E-state index is 11.6. The zero-order chi connectivity index (χ0) is 15.3. The van der Waals surface area contributed by atoms with Crippen LogP contribution in [-0.4, -0.2) is 71.0 Å². The second-order valence-corrected chi connectivity index (χ2v) is 7.38. The van der Waals surface area contributed by atoms with Crippen molar-refractivity contribution < 1.29 is 17.9 Å². The zero-order valence-corrected chi connectivity index (χ0v) is 16.0. The predicted molar refractivity (Wildman–Crippen MR) is 92.7 cm³/mol. The lowest BCUT2D eigenvalue weighted by molar-refractivity contribution is -0.145. The topological polar surface area (TPSA) is 88.1 Å². The van der Waals surface area contributed by atoms with Crippen LogP contribution < -0.4 is 5.32 Å². The van der Waals surface area contributed by atoms with Crippen molar-refractivity contribution in [3.63, 3.8) is 0 Å². The summed E-state index contributed by atoms with van der Waals surface area (Å²) < 4.78 is 27.0. The number of rotatable bonds is 4. The van der Waals surface area contributed by atoms with Crippen LogP contribution in [-0.2, 0) is 19.4 Å². The molecule has 1 fully saturated rings. The van der Waals surface area contributed by atoms with Crippen molar-refractivity contribution in [3.8, 4) is 0 Å². The van der Waals surface area contributed by atoms with E-state index < -0.39 is 9.84 Å². The number of sulfone groups is 1. The molecule has 0 radical (unpaired) electrons. The molecule has 124 valence electrons. The van der Waals surface area contributed by atoms with Crippen LogP contribution in [0.15, 0.2) is 4.99 Å². The zero-order valence-electron chi connectivity index (χ0n) is 12.8. The van der Waals surface area contributed by atoms with E-state index in [9.17, 15) is 13.2 Å². The standard InChI is InChI=1S/C12H23N3O4S.HI/c1-9-7-15(8-10(9)11(16)19-3)12(13-2)14-5-6-20(4,17)18;/h9-10H,5-8H2,1-4H3,(H,13,14);1H. The fourth-order valence-electron chi connectivity index (χ4n) is 2.28. The summed E-state index contributed by atoms with van der Waals surface area (Å²) in [5.41, 5.74) is 0. The summed E-state index contributed by atoms with van der Waals surface area (Å²) in [4.78, 5) is 17.7. The number of carbonyl (C=O) groups is 1. The van der Waals surface area contributed by atoms with Gasteiger partial charge in [-0.2, -0.15) is 0 Å². The van der Waals surface area contributed by atoms with Gasteiger partial charge in [-0.3, -0.25) is 9.79 Å². The predicted octanol–water partition coefficient (Wildman–Crippen LogP) is -0.0347. The highest BCUT2D eigenvalue weighted by Gasteiger charge is 2.36. The normalized spacial score (nSPS) is 22.7. The SMILES string of the molecule is CN=C(NCCS(C)(=O)=O)N1CC(C)C(C(=O)OC)C1.I. The van der Waals surface area contributed by atoms with E-state index >= 15 is 0 Å². The van der Waals surface area contributed by atoms with E-state index in [4.69, 9.17) is 4.74 Å². The molecule has 0 aliphatic carbocycles. The lowest BCUT2D eigenvalue weighted by Crippen LogP contribution is -2.42. The molecule has 0 bridgehead atoms. The Morgan fingerprint density at radius 3 is 2.52 bits per heavy atom. The molecule has 2 unspecified atom stereocenters. The van der Waals surface area contributed by atoms with E-state index in [0.29, 0.717) is 25.6 Å². The number of nitrogens with one attached hydrogen (secondary N) is 1. The number of guanidine groups is 1. The average molecular weight is 433 g/mol. The van der Waals surface area contributed by atoms with Crippen LogP contribution in [0.5, 0.6) is 0 Å². The second-order valence-electron chi connectivity index (χ2n) is 5.12. The Morgan fingerprint density at radius 2 is 2.05 bits per heavy atom. The Kier molecular flexibility index (Phi) is 8.52. The average Bonchev–Trinajstić information content (AvgIpc) is 2.74. The number of hydrogen-bond donors (Lipinski definition) is 1. The van der Waals surface area contributed by atoms with Crippen LogP contribution in [0, 0.1) is 11.8 Å². The number of likely N-dealkylation sites (tertiary alicyclic amines) is 1. The molecular weight excluding hydrogens is 409 g/mol. The second kappa shape index (κ2) is 8.76. The largest absolute Gasteiger partial charge is 0.469 e. The van der Waals surface area contributed by atoms with Crippen molar-refractivity contribution in [2.45, 2.75) is 6.92 Å². The van der Waals surface area contributed by atoms with Gasteiger partial charge in [0, 0.05) is 32.9 Å². The molecule has 0 aromatic carbocycles. The molecule has 9 heteroatoms. The summed E-state index contributed by atoms with van der Waals surface area (Å²) in [5.74, 6) is 0.457. The monoisotopic (exact) mass is 433 g/mol. The molecule has 0 saturated carbocycles. The van der Waals surface area contributed by atoms with Gasteiger partial charge in [-0.15, -0.1) is 24.0 Å². The molecule has 1 N–H and O–H groups in total. The van der Waals surface area contributed by atoms with E-state index in [1.165, 1.54) is 13.4 Å². The molecule has 0 spiro atoms. The van der Waals surface area contributed by atoms with Gasteiger partial charge in [-0.1, -0.05) is 6.92 Å². The van der Waals surface area contributed by atoms with E-state index in [0.717, 1.165) is 0 Å². The number of aliphatic imine (C=N–C) groups is 1. The maximum Gasteiger partial charge on any atom is 0.310 e. The van der Waals surface area contributed by atoms with Gasteiger partial charge in [0.2, 0.25) is 0 Å². The van der Waals surface area contributed by atoms with Crippen molar-refractivity contribution in [1.29, 1.82) is 0 Å². The third-order valence-electron chi connectivity index (χ3n) is 3.38. The first-order valence-electron chi connectivity index (χ1n) is 6.49. The van der Waals surface area contributed by atoms with Gasteiger partial charge in [0.1, 0.15) is 9.84 Å². The smallest absolute Gasteiger partial charge is 0.310 e. The van der Waals surface area contributed by atoms with E-state index in [-0.39, 0.29) is 47.5 Å². The Labute approximate surface area is 143 Å². The van der Waals surface area contributed by atoms with Crippen molar-refractivity contribution in [2.75, 3.05) is 45.8 Å². The van der Waals surface area contributed by atoms with Crippen molar-refractivity contribution in [1.82, 2.24) is 10.2 Å². The lowest BCUT2D eigenvalue weighted by Gasteiger charge is -2.21. The molecule has 1 heterocycles. The Bertz CT molecular complexity index is 481. The highest BCUT2D eigenvalue weighted by atomic mass is 127. The van der Waals surface area contributed by atoms with Crippen LogP contribution in [0.1, 0.15) is 6.92 Å². The summed E-state index contributed by atoms with van der Waals surface area (Å²) in [7, 11) is 0.0230. The Balaban J connectivity index is 0.00000400. The summed E-state index contributed by atoms with van der Waals surface area (Å²) in [6.45, 7) is 3.52. The molecule has 0 aromatic rings. The first-order chi connectivity index (χ1) is 9.28. The van der Waals surface area contributed by atoms with Crippen LogP contribution in [0.3, 0.4) is 0 Å². The van der Waals surface area contributed by atoms with Crippen LogP contribution in [0.2, 0.25) is 0 Å².